The van der Waals surface area contributed by atoms with Gasteiger partial charge in [-0.05, 0) is 31.5 Å². The molecule has 26 heavy (non-hydrogen) atoms. The van der Waals surface area contributed by atoms with E-state index < -0.39 is 24.2 Å². The molecule has 0 spiro atoms. The number of aliphatic hydroxyl groups is 1. The van der Waals surface area contributed by atoms with Crippen LogP contribution in [-0.4, -0.2) is 33.6 Å². The molecule has 7 heteroatoms. The number of benzene rings is 2. The zero-order valence-electron chi connectivity index (χ0n) is 14.2. The lowest BCUT2D eigenvalue weighted by Crippen LogP contribution is -2.56. The molecule has 1 amide bonds. The predicted molar refractivity (Wildman–Crippen MR) is 90.7 cm³/mol. The first-order chi connectivity index (χ1) is 12.1. The highest BCUT2D eigenvalue weighted by molar-refractivity contribution is 6.05. The molecule has 0 saturated heterocycles. The van der Waals surface area contributed by atoms with Crippen molar-refractivity contribution < 1.29 is 23.1 Å². The Labute approximate surface area is 148 Å². The maximum absolute atomic E-state index is 13.6. The number of halogens is 3. The summed E-state index contributed by atoms with van der Waals surface area (Å²) in [5.41, 5.74) is -1.13. The summed E-state index contributed by atoms with van der Waals surface area (Å²) in [4.78, 5) is 12.6. The Morgan fingerprint density at radius 1 is 1.04 bits per heavy atom. The third-order valence-corrected chi connectivity index (χ3v) is 4.31. The molecule has 2 aromatic rings. The second-order valence-electron chi connectivity index (χ2n) is 6.39. The van der Waals surface area contributed by atoms with Gasteiger partial charge in [0.2, 0.25) is 0 Å². The van der Waals surface area contributed by atoms with Gasteiger partial charge in [0.05, 0.1) is 12.1 Å². The molecule has 1 N–H and O–H groups in total. The van der Waals surface area contributed by atoms with Crippen LogP contribution in [0.3, 0.4) is 0 Å². The molecule has 1 aliphatic rings. The number of amides is 1. The second-order valence-corrected chi connectivity index (χ2v) is 6.39. The Kier molecular flexibility index (Phi) is 4.36. The van der Waals surface area contributed by atoms with Gasteiger partial charge >= 0.3 is 6.18 Å². The quantitative estimate of drug-likeness (QED) is 0.883. The molecule has 2 aromatic carbocycles. The van der Waals surface area contributed by atoms with Gasteiger partial charge in [-0.2, -0.15) is 23.3 Å². The first-order valence-corrected chi connectivity index (χ1v) is 7.97. The Balaban J connectivity index is 2.03. The van der Waals surface area contributed by atoms with Crippen molar-refractivity contribution in [2.75, 3.05) is 0 Å². The van der Waals surface area contributed by atoms with E-state index in [2.05, 4.69) is 5.10 Å². The maximum Gasteiger partial charge on any atom is 0.438 e. The Morgan fingerprint density at radius 2 is 1.54 bits per heavy atom. The molecule has 4 nitrogen and oxygen atoms in total. The summed E-state index contributed by atoms with van der Waals surface area (Å²) >= 11 is 0. The van der Waals surface area contributed by atoms with Crippen molar-refractivity contribution in [2.24, 2.45) is 5.10 Å². The van der Waals surface area contributed by atoms with Crippen molar-refractivity contribution in [2.45, 2.75) is 32.2 Å². The standard InChI is InChI=1S/C19H17F3N2O2/c1-12-3-7-14(8-4-12)16-11-18(26,19(20,21)22)24(23-16)17(25)15-9-5-13(2)6-10-15/h3-10,26H,11H2,1-2H3. The first kappa shape index (κ1) is 18.1. The molecule has 3 rings (SSSR count). The van der Waals surface area contributed by atoms with Crippen molar-refractivity contribution in [3.8, 4) is 0 Å². The van der Waals surface area contributed by atoms with Crippen LogP contribution in [0.2, 0.25) is 0 Å². The minimum absolute atomic E-state index is 0.00490. The number of nitrogens with zero attached hydrogens (tertiary/aromatic N) is 2. The van der Waals surface area contributed by atoms with E-state index in [0.717, 1.165) is 11.1 Å². The first-order valence-electron chi connectivity index (χ1n) is 7.97. The summed E-state index contributed by atoms with van der Waals surface area (Å²) in [6.07, 6.45) is -5.87. The Bertz CT molecular complexity index is 858. The van der Waals surface area contributed by atoms with Crippen LogP contribution in [0.1, 0.15) is 33.5 Å². The van der Waals surface area contributed by atoms with Gasteiger partial charge in [0.15, 0.2) is 0 Å². The minimum atomic E-state index is -5.05. The number of hydrogen-bond donors (Lipinski definition) is 1. The molecule has 1 heterocycles. The van der Waals surface area contributed by atoms with Crippen molar-refractivity contribution in [3.63, 3.8) is 0 Å². The molecule has 0 bridgehead atoms. The van der Waals surface area contributed by atoms with E-state index in [1.165, 1.54) is 12.1 Å². The molecular formula is C19H17F3N2O2. The molecule has 0 fully saturated rings. The van der Waals surface area contributed by atoms with Gasteiger partial charge in [-0.3, -0.25) is 4.79 Å². The summed E-state index contributed by atoms with van der Waals surface area (Å²) in [6.45, 7) is 3.64. The predicted octanol–water partition coefficient (Wildman–Crippen LogP) is 3.80. The van der Waals surface area contributed by atoms with Crippen molar-refractivity contribution in [1.82, 2.24) is 5.01 Å². The van der Waals surface area contributed by atoms with E-state index in [0.29, 0.717) is 5.56 Å². The summed E-state index contributed by atoms with van der Waals surface area (Å²) < 4.78 is 40.7. The number of alkyl halides is 3. The Hall–Kier alpha value is -2.67. The lowest BCUT2D eigenvalue weighted by molar-refractivity contribution is -0.297. The number of rotatable bonds is 2. The number of carbonyl (C=O) groups excluding carboxylic acids is 1. The van der Waals surface area contributed by atoms with E-state index in [-0.39, 0.29) is 16.3 Å². The van der Waals surface area contributed by atoms with E-state index in [1.54, 1.807) is 43.3 Å². The monoisotopic (exact) mass is 362 g/mol. The van der Waals surface area contributed by atoms with E-state index in [1.807, 2.05) is 6.92 Å². The summed E-state index contributed by atoms with van der Waals surface area (Å²) in [5.74, 6) is -1.01. The average Bonchev–Trinajstić information content (AvgIpc) is 2.94. The normalized spacial score (nSPS) is 20.2. The molecule has 1 atom stereocenters. The van der Waals surface area contributed by atoms with Gasteiger partial charge in [0.1, 0.15) is 0 Å². The highest BCUT2D eigenvalue weighted by Gasteiger charge is 2.63. The third kappa shape index (κ3) is 3.10. The van der Waals surface area contributed by atoms with Crippen LogP contribution in [0.4, 0.5) is 13.2 Å². The summed E-state index contributed by atoms with van der Waals surface area (Å²) in [7, 11) is 0. The molecule has 1 unspecified atom stereocenters. The number of hydrazone groups is 1. The minimum Gasteiger partial charge on any atom is -0.362 e. The lowest BCUT2D eigenvalue weighted by Gasteiger charge is -2.32. The van der Waals surface area contributed by atoms with E-state index >= 15 is 0 Å². The van der Waals surface area contributed by atoms with Gasteiger partial charge in [0, 0.05) is 5.56 Å². The van der Waals surface area contributed by atoms with Gasteiger partial charge in [-0.15, -0.1) is 0 Å². The fourth-order valence-corrected chi connectivity index (χ4v) is 2.71. The molecule has 0 aliphatic carbocycles. The van der Waals surface area contributed by atoms with Gasteiger partial charge in [0.25, 0.3) is 11.6 Å². The van der Waals surface area contributed by atoms with Crippen LogP contribution >= 0.6 is 0 Å². The SMILES string of the molecule is Cc1ccc(C(=O)N2N=C(c3ccc(C)cc3)CC2(O)C(F)(F)F)cc1. The molecule has 1 aliphatic heterocycles. The van der Waals surface area contributed by atoms with Crippen molar-refractivity contribution in [3.05, 3.63) is 70.8 Å². The van der Waals surface area contributed by atoms with Crippen LogP contribution < -0.4 is 0 Å². The van der Waals surface area contributed by atoms with Crippen LogP contribution in [0.25, 0.3) is 0 Å². The highest BCUT2D eigenvalue weighted by atomic mass is 19.4. The molecule has 0 radical (unpaired) electrons. The zero-order valence-corrected chi connectivity index (χ0v) is 14.2. The molecule has 136 valence electrons. The van der Waals surface area contributed by atoms with Crippen LogP contribution in [0.5, 0.6) is 0 Å². The van der Waals surface area contributed by atoms with E-state index in [9.17, 15) is 23.1 Å². The molecule has 0 aromatic heterocycles. The number of aryl methyl sites for hydroxylation is 2. The molecular weight excluding hydrogens is 345 g/mol. The fraction of sp³-hybridized carbons (Fsp3) is 0.263. The second kappa shape index (κ2) is 6.25. The number of hydrogen-bond acceptors (Lipinski definition) is 3. The topological polar surface area (TPSA) is 52.9 Å². The van der Waals surface area contributed by atoms with Gasteiger partial charge in [-0.25, -0.2) is 0 Å². The maximum atomic E-state index is 13.6. The fourth-order valence-electron chi connectivity index (χ4n) is 2.71. The van der Waals surface area contributed by atoms with Gasteiger partial charge in [-0.1, -0.05) is 47.5 Å². The summed E-state index contributed by atoms with van der Waals surface area (Å²) in [6, 6.07) is 12.7. The Morgan fingerprint density at radius 3 is 2.04 bits per heavy atom. The number of carbonyl (C=O) groups is 1. The summed E-state index contributed by atoms with van der Waals surface area (Å²) in [5, 5.41) is 14.3. The van der Waals surface area contributed by atoms with Gasteiger partial charge < -0.3 is 5.11 Å². The third-order valence-electron chi connectivity index (χ3n) is 4.31. The molecule has 0 saturated carbocycles. The van der Waals surface area contributed by atoms with E-state index in [4.69, 9.17) is 0 Å². The van der Waals surface area contributed by atoms with Crippen molar-refractivity contribution in [1.29, 1.82) is 0 Å². The van der Waals surface area contributed by atoms with Crippen LogP contribution in [0, 0.1) is 13.8 Å². The highest BCUT2D eigenvalue weighted by Crippen LogP contribution is 2.42. The lowest BCUT2D eigenvalue weighted by atomic mass is 9.99. The smallest absolute Gasteiger partial charge is 0.362 e. The zero-order chi connectivity index (χ0) is 19.1. The largest absolute Gasteiger partial charge is 0.438 e. The van der Waals surface area contributed by atoms with Crippen molar-refractivity contribution >= 4 is 11.6 Å². The van der Waals surface area contributed by atoms with Crippen LogP contribution in [-0.2, 0) is 0 Å². The average molecular weight is 362 g/mol. The van der Waals surface area contributed by atoms with Crippen LogP contribution in [0.15, 0.2) is 53.6 Å².